The van der Waals surface area contributed by atoms with Crippen molar-refractivity contribution in [3.05, 3.63) is 89.5 Å². The first-order valence-corrected chi connectivity index (χ1v) is 11.4. The molecular weight excluding hydrogens is 436 g/mol. The first kappa shape index (κ1) is 21.0. The molecule has 0 bridgehead atoms. The number of benzene rings is 2. The molecular formula is C27H24N8. The number of aryl methyl sites for hydroxylation is 4. The van der Waals surface area contributed by atoms with Gasteiger partial charge in [-0.3, -0.25) is 0 Å². The fourth-order valence-corrected chi connectivity index (χ4v) is 4.52. The Bertz CT molecular complexity index is 1710. The molecule has 0 saturated carbocycles. The Morgan fingerprint density at radius 3 is 2.46 bits per heavy atom. The van der Waals surface area contributed by atoms with Gasteiger partial charge in [-0.05, 0) is 63.1 Å². The number of hydrogen-bond donors (Lipinski definition) is 1. The van der Waals surface area contributed by atoms with E-state index in [4.69, 9.17) is 10.1 Å². The average molecular weight is 461 g/mol. The number of hydrogen-bond acceptors (Lipinski definition) is 6. The minimum Gasteiger partial charge on any atom is -0.324 e. The van der Waals surface area contributed by atoms with E-state index in [0.717, 1.165) is 56.1 Å². The Balaban J connectivity index is 1.45. The van der Waals surface area contributed by atoms with Gasteiger partial charge in [0.2, 0.25) is 0 Å². The van der Waals surface area contributed by atoms with Crippen LogP contribution in [-0.2, 0) is 0 Å². The zero-order valence-electron chi connectivity index (χ0n) is 20.0. The average Bonchev–Trinajstić information content (AvgIpc) is 3.44. The van der Waals surface area contributed by atoms with E-state index in [1.54, 1.807) is 12.5 Å². The molecule has 8 heteroatoms. The summed E-state index contributed by atoms with van der Waals surface area (Å²) in [5.74, 6) is 2.18. The molecule has 0 aliphatic rings. The summed E-state index contributed by atoms with van der Waals surface area (Å²) in [6, 6.07) is 18.3. The Labute approximate surface area is 202 Å². The van der Waals surface area contributed by atoms with Crippen LogP contribution in [0.1, 0.15) is 22.4 Å². The third-order valence-electron chi connectivity index (χ3n) is 6.10. The van der Waals surface area contributed by atoms with Crippen LogP contribution in [-0.4, -0.2) is 34.5 Å². The monoisotopic (exact) mass is 460 g/mol. The van der Waals surface area contributed by atoms with Gasteiger partial charge in [0.15, 0.2) is 11.5 Å². The van der Waals surface area contributed by atoms with E-state index in [-0.39, 0.29) is 0 Å². The summed E-state index contributed by atoms with van der Waals surface area (Å²) in [5, 5.41) is 14.7. The predicted molar refractivity (Wildman–Crippen MR) is 138 cm³/mol. The van der Waals surface area contributed by atoms with Crippen LogP contribution in [0.5, 0.6) is 0 Å². The third kappa shape index (κ3) is 3.59. The normalized spacial score (nSPS) is 11.4. The van der Waals surface area contributed by atoms with Crippen molar-refractivity contribution < 1.29 is 0 Å². The standard InChI is InChI=1S/C27H24N8/c1-16-10-18(3)25-21(11-16)17(2)12-23(31-25)35-24(13-19(4)33-35)32-26-22-14-30-34(27(22)29-15-28-26)20-8-6-5-7-9-20/h5-15H,1-4H3,(H,28,29,32). The second kappa shape index (κ2) is 8.02. The molecule has 2 aromatic carbocycles. The van der Waals surface area contributed by atoms with Crippen molar-refractivity contribution >= 4 is 33.6 Å². The van der Waals surface area contributed by atoms with Crippen LogP contribution >= 0.6 is 0 Å². The maximum absolute atomic E-state index is 4.98. The van der Waals surface area contributed by atoms with Crippen LogP contribution in [0.2, 0.25) is 0 Å². The van der Waals surface area contributed by atoms with Crippen molar-refractivity contribution in [3.8, 4) is 11.5 Å². The zero-order chi connectivity index (χ0) is 24.1. The lowest BCUT2D eigenvalue weighted by Crippen LogP contribution is -2.07. The summed E-state index contributed by atoms with van der Waals surface area (Å²) in [5.41, 5.74) is 7.06. The molecule has 4 heterocycles. The Kier molecular flexibility index (Phi) is 4.81. The van der Waals surface area contributed by atoms with E-state index in [2.05, 4.69) is 59.4 Å². The summed E-state index contributed by atoms with van der Waals surface area (Å²) in [6.07, 6.45) is 3.33. The molecule has 8 nitrogen and oxygen atoms in total. The molecule has 0 atom stereocenters. The number of pyridine rings is 1. The second-order valence-electron chi connectivity index (χ2n) is 8.83. The fraction of sp³-hybridized carbons (Fsp3) is 0.148. The third-order valence-corrected chi connectivity index (χ3v) is 6.10. The SMILES string of the molecule is Cc1cc(C)c2nc(-n3nc(C)cc3Nc3ncnc4c3cnn4-c3ccccc3)cc(C)c2c1. The van der Waals surface area contributed by atoms with Crippen molar-refractivity contribution in [2.75, 3.05) is 5.32 Å². The van der Waals surface area contributed by atoms with Gasteiger partial charge in [0, 0.05) is 11.5 Å². The van der Waals surface area contributed by atoms with Gasteiger partial charge in [0.05, 0.1) is 28.5 Å². The first-order valence-electron chi connectivity index (χ1n) is 11.4. The molecule has 1 N–H and O–H groups in total. The van der Waals surface area contributed by atoms with E-state index < -0.39 is 0 Å². The van der Waals surface area contributed by atoms with Crippen molar-refractivity contribution in [2.24, 2.45) is 0 Å². The van der Waals surface area contributed by atoms with Crippen LogP contribution in [0.3, 0.4) is 0 Å². The van der Waals surface area contributed by atoms with Crippen LogP contribution in [0.15, 0.2) is 67.1 Å². The Hall–Kier alpha value is -4.59. The van der Waals surface area contributed by atoms with E-state index in [0.29, 0.717) is 5.82 Å². The highest BCUT2D eigenvalue weighted by Gasteiger charge is 2.16. The zero-order valence-corrected chi connectivity index (χ0v) is 20.0. The topological polar surface area (TPSA) is 86.3 Å². The van der Waals surface area contributed by atoms with E-state index in [9.17, 15) is 0 Å². The number of fused-ring (bicyclic) bond motifs is 2. The lowest BCUT2D eigenvalue weighted by Gasteiger charge is -2.13. The fourth-order valence-electron chi connectivity index (χ4n) is 4.52. The van der Waals surface area contributed by atoms with Gasteiger partial charge in [0.25, 0.3) is 0 Å². The molecule has 4 aromatic heterocycles. The largest absolute Gasteiger partial charge is 0.324 e. The van der Waals surface area contributed by atoms with E-state index in [1.165, 1.54) is 5.56 Å². The highest BCUT2D eigenvalue weighted by atomic mass is 15.4. The second-order valence-corrected chi connectivity index (χ2v) is 8.83. The van der Waals surface area contributed by atoms with E-state index in [1.807, 2.05) is 52.7 Å². The molecule has 0 spiro atoms. The van der Waals surface area contributed by atoms with Gasteiger partial charge in [-0.1, -0.05) is 29.8 Å². The molecule has 6 rings (SSSR count). The van der Waals surface area contributed by atoms with Gasteiger partial charge < -0.3 is 5.32 Å². The van der Waals surface area contributed by atoms with Gasteiger partial charge in [-0.15, -0.1) is 0 Å². The highest BCUT2D eigenvalue weighted by Crippen LogP contribution is 2.28. The van der Waals surface area contributed by atoms with Crippen molar-refractivity contribution in [3.63, 3.8) is 0 Å². The molecule has 0 saturated heterocycles. The quantitative estimate of drug-likeness (QED) is 0.372. The summed E-state index contributed by atoms with van der Waals surface area (Å²) < 4.78 is 3.64. The van der Waals surface area contributed by atoms with Gasteiger partial charge in [-0.25, -0.2) is 19.6 Å². The molecule has 0 radical (unpaired) electrons. The Morgan fingerprint density at radius 2 is 1.63 bits per heavy atom. The van der Waals surface area contributed by atoms with E-state index >= 15 is 0 Å². The maximum atomic E-state index is 4.98. The number of aromatic nitrogens is 7. The lowest BCUT2D eigenvalue weighted by atomic mass is 10.0. The summed E-state index contributed by atoms with van der Waals surface area (Å²) >= 11 is 0. The molecule has 0 aliphatic heterocycles. The van der Waals surface area contributed by atoms with Crippen molar-refractivity contribution in [1.29, 1.82) is 0 Å². The van der Waals surface area contributed by atoms with Crippen molar-refractivity contribution in [1.82, 2.24) is 34.5 Å². The lowest BCUT2D eigenvalue weighted by molar-refractivity contribution is 0.842. The van der Waals surface area contributed by atoms with Crippen molar-refractivity contribution in [2.45, 2.75) is 27.7 Å². The minimum absolute atomic E-state index is 0.655. The number of nitrogens with zero attached hydrogens (tertiary/aromatic N) is 7. The first-order chi connectivity index (χ1) is 17.0. The number of nitrogens with one attached hydrogen (secondary N) is 1. The highest BCUT2D eigenvalue weighted by molar-refractivity contribution is 5.89. The molecule has 6 aromatic rings. The number of para-hydroxylation sites is 1. The van der Waals surface area contributed by atoms with Gasteiger partial charge in [-0.2, -0.15) is 14.9 Å². The number of rotatable bonds is 4. The Morgan fingerprint density at radius 1 is 0.800 bits per heavy atom. The van der Waals surface area contributed by atoms with Crippen LogP contribution in [0.25, 0.3) is 33.4 Å². The summed E-state index contributed by atoms with van der Waals surface area (Å²) in [6.45, 7) is 8.29. The molecule has 0 unspecified atom stereocenters. The smallest absolute Gasteiger partial charge is 0.168 e. The van der Waals surface area contributed by atoms with Crippen LogP contribution in [0.4, 0.5) is 11.6 Å². The number of anilines is 2. The maximum Gasteiger partial charge on any atom is 0.168 e. The van der Waals surface area contributed by atoms with Gasteiger partial charge in [0.1, 0.15) is 18.0 Å². The predicted octanol–water partition coefficient (Wildman–Crippen LogP) is 5.53. The summed E-state index contributed by atoms with van der Waals surface area (Å²) in [4.78, 5) is 14.0. The molecule has 0 aliphatic carbocycles. The van der Waals surface area contributed by atoms with Gasteiger partial charge >= 0.3 is 0 Å². The molecule has 0 fully saturated rings. The van der Waals surface area contributed by atoms with Crippen LogP contribution < -0.4 is 5.32 Å². The van der Waals surface area contributed by atoms with Crippen LogP contribution in [0, 0.1) is 27.7 Å². The molecule has 0 amide bonds. The molecule has 35 heavy (non-hydrogen) atoms. The summed E-state index contributed by atoms with van der Waals surface area (Å²) in [7, 11) is 0. The minimum atomic E-state index is 0.655. The molecule has 172 valence electrons.